The molecule has 0 aromatic heterocycles. The number of likely N-dealkylation sites (tertiary alicyclic amines) is 3. The molecule has 28 heavy (non-hydrogen) atoms. The average Bonchev–Trinajstić information content (AvgIpc) is 3.23. The fourth-order valence-electron chi connectivity index (χ4n) is 5.27. The van der Waals surface area contributed by atoms with Crippen LogP contribution in [0.4, 0.5) is 0 Å². The first-order valence-corrected chi connectivity index (χ1v) is 12.6. The van der Waals surface area contributed by atoms with Crippen LogP contribution in [0.15, 0.2) is 0 Å². The molecule has 6 nitrogen and oxygen atoms in total. The Kier molecular flexibility index (Phi) is 8.13. The number of carbonyl (C=O) groups is 2. The molecular formula is C21H39N4O2P. The molecule has 0 radical (unpaired) electrons. The van der Waals surface area contributed by atoms with Gasteiger partial charge < -0.3 is 20.4 Å². The van der Waals surface area contributed by atoms with Crippen LogP contribution in [0.5, 0.6) is 0 Å². The summed E-state index contributed by atoms with van der Waals surface area (Å²) >= 11 is 0. The van der Waals surface area contributed by atoms with E-state index < -0.39 is 0 Å². The third kappa shape index (κ3) is 5.67. The fraction of sp³-hybridized carbons (Fsp3) is 0.905. The monoisotopic (exact) mass is 410 g/mol. The summed E-state index contributed by atoms with van der Waals surface area (Å²) in [6, 6.07) is 0.613. The lowest BCUT2D eigenvalue weighted by atomic mass is 9.73. The first-order chi connectivity index (χ1) is 13.5. The van der Waals surface area contributed by atoms with Crippen LogP contribution < -0.4 is 5.73 Å². The van der Waals surface area contributed by atoms with Crippen LogP contribution in [-0.4, -0.2) is 90.7 Å². The van der Waals surface area contributed by atoms with Gasteiger partial charge in [0, 0.05) is 56.8 Å². The number of carbonyl (C=O) groups excluding carboxylic acids is 2. The number of nitrogens with two attached hydrogens (primary N) is 1. The van der Waals surface area contributed by atoms with Crippen LogP contribution in [-0.2, 0) is 9.59 Å². The van der Waals surface area contributed by atoms with E-state index in [4.69, 9.17) is 5.73 Å². The Balaban J connectivity index is 1.46. The highest BCUT2D eigenvalue weighted by Gasteiger charge is 2.41. The quantitative estimate of drug-likeness (QED) is 0.649. The molecule has 3 atom stereocenters. The molecule has 0 saturated carbocycles. The molecule has 3 rings (SSSR count). The highest BCUT2D eigenvalue weighted by Crippen LogP contribution is 2.39. The predicted octanol–water partition coefficient (Wildman–Crippen LogP) is 1.73. The molecule has 3 heterocycles. The van der Waals surface area contributed by atoms with Crippen molar-refractivity contribution in [3.8, 4) is 0 Å². The van der Waals surface area contributed by atoms with E-state index in [9.17, 15) is 9.59 Å². The molecule has 3 saturated heterocycles. The Morgan fingerprint density at radius 3 is 2.18 bits per heavy atom. The van der Waals surface area contributed by atoms with Crippen molar-refractivity contribution < 1.29 is 9.59 Å². The van der Waals surface area contributed by atoms with Gasteiger partial charge in [0.05, 0.1) is 0 Å². The summed E-state index contributed by atoms with van der Waals surface area (Å²) in [5.41, 5.74) is 5.69. The minimum Gasteiger partial charge on any atom is -0.342 e. The maximum absolute atomic E-state index is 12.9. The third-order valence-corrected chi connectivity index (χ3v) is 8.30. The van der Waals surface area contributed by atoms with E-state index in [2.05, 4.69) is 16.7 Å². The van der Waals surface area contributed by atoms with Gasteiger partial charge in [-0.2, -0.15) is 0 Å². The normalized spacial score (nSPS) is 27.8. The van der Waals surface area contributed by atoms with Gasteiger partial charge >= 0.3 is 0 Å². The third-order valence-electron chi connectivity index (χ3n) is 6.87. The molecule has 3 unspecified atom stereocenters. The first-order valence-electron chi connectivity index (χ1n) is 11.2. The van der Waals surface area contributed by atoms with Crippen LogP contribution in [0.3, 0.4) is 0 Å². The second-order valence-corrected chi connectivity index (χ2v) is 10.4. The number of nitrogens with zero attached hydrogens (tertiary/aromatic N) is 3. The molecule has 0 aromatic rings. The average molecular weight is 411 g/mol. The number of rotatable bonds is 7. The molecule has 0 aromatic carbocycles. The SMILES string of the molecule is CC(CPCC(=O)N1CCCC2(CCCN(C(=O)CCN)C2)C1)N1CCCC1. The van der Waals surface area contributed by atoms with Crippen molar-refractivity contribution in [1.82, 2.24) is 14.7 Å². The molecule has 3 aliphatic heterocycles. The molecule has 2 N–H and O–H groups in total. The highest BCUT2D eigenvalue weighted by atomic mass is 31.1. The predicted molar refractivity (Wildman–Crippen MR) is 116 cm³/mol. The molecule has 1 spiro atoms. The van der Waals surface area contributed by atoms with Crippen molar-refractivity contribution in [3.05, 3.63) is 0 Å². The molecule has 160 valence electrons. The second-order valence-electron chi connectivity index (χ2n) is 9.10. The van der Waals surface area contributed by atoms with Gasteiger partial charge in [0.15, 0.2) is 0 Å². The molecule has 0 aliphatic carbocycles. The highest BCUT2D eigenvalue weighted by molar-refractivity contribution is 7.39. The maximum atomic E-state index is 12.9. The number of hydrogen-bond acceptors (Lipinski definition) is 4. The summed E-state index contributed by atoms with van der Waals surface area (Å²) in [5.74, 6) is 0.513. The summed E-state index contributed by atoms with van der Waals surface area (Å²) in [7, 11) is 0.721. The molecule has 0 bridgehead atoms. The summed E-state index contributed by atoms with van der Waals surface area (Å²) < 4.78 is 0. The first kappa shape index (κ1) is 22.0. The Morgan fingerprint density at radius 2 is 1.57 bits per heavy atom. The van der Waals surface area contributed by atoms with Gasteiger partial charge in [0.1, 0.15) is 0 Å². The van der Waals surface area contributed by atoms with E-state index in [1.807, 2.05) is 4.90 Å². The lowest BCUT2D eigenvalue weighted by molar-refractivity contribution is -0.138. The summed E-state index contributed by atoms with van der Waals surface area (Å²) in [4.78, 5) is 31.9. The lowest BCUT2D eigenvalue weighted by Gasteiger charge is -2.48. The van der Waals surface area contributed by atoms with Crippen molar-refractivity contribution in [1.29, 1.82) is 0 Å². The molecule has 7 heteroatoms. The van der Waals surface area contributed by atoms with Crippen molar-refractivity contribution in [3.63, 3.8) is 0 Å². The van der Waals surface area contributed by atoms with Crippen molar-refractivity contribution in [2.75, 3.05) is 58.1 Å². The summed E-state index contributed by atoms with van der Waals surface area (Å²) in [5, 5.41) is 0. The van der Waals surface area contributed by atoms with E-state index in [-0.39, 0.29) is 11.3 Å². The van der Waals surface area contributed by atoms with E-state index in [1.165, 1.54) is 25.9 Å². The zero-order chi connectivity index (χ0) is 20.0. The largest absolute Gasteiger partial charge is 0.342 e. The number of amides is 2. The van der Waals surface area contributed by atoms with Crippen LogP contribution in [0.2, 0.25) is 0 Å². The summed E-state index contributed by atoms with van der Waals surface area (Å²) in [6.07, 6.45) is 9.33. The topological polar surface area (TPSA) is 69.9 Å². The minimum absolute atomic E-state index is 0.113. The van der Waals surface area contributed by atoms with Crippen LogP contribution >= 0.6 is 8.58 Å². The Morgan fingerprint density at radius 1 is 0.964 bits per heavy atom. The van der Waals surface area contributed by atoms with E-state index in [0.717, 1.165) is 66.6 Å². The van der Waals surface area contributed by atoms with Gasteiger partial charge in [-0.15, -0.1) is 8.58 Å². The smallest absolute Gasteiger partial charge is 0.226 e. The standard InChI is InChI=1S/C21H39N4O2P/c1-18(23-10-2-3-11-23)14-28-15-20(27)25-13-5-8-21(17-25)7-4-12-24(16-21)19(26)6-9-22/h18,28H,2-17,22H2,1H3. The van der Waals surface area contributed by atoms with E-state index >= 15 is 0 Å². The number of hydrogen-bond donors (Lipinski definition) is 1. The van der Waals surface area contributed by atoms with Crippen LogP contribution in [0, 0.1) is 5.41 Å². The Hall–Kier alpha value is -0.710. The zero-order valence-electron chi connectivity index (χ0n) is 17.6. The number of piperidine rings is 2. The summed E-state index contributed by atoms with van der Waals surface area (Å²) in [6.45, 7) is 8.58. The van der Waals surface area contributed by atoms with E-state index in [0.29, 0.717) is 31.1 Å². The minimum atomic E-state index is 0.113. The van der Waals surface area contributed by atoms with Gasteiger partial charge in [0.2, 0.25) is 11.8 Å². The van der Waals surface area contributed by atoms with Gasteiger partial charge in [0.25, 0.3) is 0 Å². The van der Waals surface area contributed by atoms with Crippen molar-refractivity contribution in [2.24, 2.45) is 11.1 Å². The van der Waals surface area contributed by atoms with Crippen molar-refractivity contribution >= 4 is 20.4 Å². The Bertz CT molecular complexity index is 536. The van der Waals surface area contributed by atoms with Gasteiger partial charge in [-0.25, -0.2) is 0 Å². The van der Waals surface area contributed by atoms with Gasteiger partial charge in [-0.3, -0.25) is 9.59 Å². The maximum Gasteiger partial charge on any atom is 0.226 e. The second kappa shape index (κ2) is 10.4. The lowest BCUT2D eigenvalue weighted by Crippen LogP contribution is -2.55. The van der Waals surface area contributed by atoms with Crippen LogP contribution in [0.25, 0.3) is 0 Å². The zero-order valence-corrected chi connectivity index (χ0v) is 18.6. The van der Waals surface area contributed by atoms with Crippen LogP contribution in [0.1, 0.15) is 51.9 Å². The van der Waals surface area contributed by atoms with Gasteiger partial charge in [-0.1, -0.05) is 0 Å². The molecule has 2 amide bonds. The Labute approximate surface area is 172 Å². The molecule has 3 aliphatic rings. The van der Waals surface area contributed by atoms with Gasteiger partial charge in [-0.05, 0) is 64.7 Å². The molecule has 3 fully saturated rings. The van der Waals surface area contributed by atoms with Crippen molar-refractivity contribution in [2.45, 2.75) is 57.9 Å². The fourth-order valence-corrected chi connectivity index (χ4v) is 6.53. The van der Waals surface area contributed by atoms with E-state index in [1.54, 1.807) is 0 Å². The molecular weight excluding hydrogens is 371 g/mol.